The summed E-state index contributed by atoms with van der Waals surface area (Å²) in [7, 11) is 0. The molecule has 0 N–H and O–H groups in total. The van der Waals surface area contributed by atoms with E-state index < -0.39 is 0 Å². The van der Waals surface area contributed by atoms with E-state index in [1.807, 2.05) is 0 Å². The second kappa shape index (κ2) is 38.7. The maximum absolute atomic E-state index is 5.93. The third kappa shape index (κ3) is 29.7. The van der Waals surface area contributed by atoms with Crippen LogP contribution < -0.4 is 0 Å². The van der Waals surface area contributed by atoms with E-state index in [0.717, 1.165) is 13.2 Å². The molecule has 0 aromatic heterocycles. The molecule has 0 radical (unpaired) electrons. The van der Waals surface area contributed by atoms with Crippen molar-refractivity contribution >= 4 is 0 Å². The van der Waals surface area contributed by atoms with Crippen LogP contribution >= 0.6 is 0 Å². The van der Waals surface area contributed by atoms with Gasteiger partial charge in [-0.15, -0.1) is 13.2 Å². The molecule has 0 saturated heterocycles. The molecule has 0 aliphatic carbocycles. The van der Waals surface area contributed by atoms with E-state index in [0.29, 0.717) is 11.8 Å². The molecule has 2 atom stereocenters. The highest BCUT2D eigenvalue weighted by atomic mass is 16.5. The van der Waals surface area contributed by atoms with E-state index in [4.69, 9.17) is 4.74 Å². The Morgan fingerprint density at radius 1 is 0.309 bits per heavy atom. The summed E-state index contributed by atoms with van der Waals surface area (Å²) in [4.78, 5) is 0. The molecule has 0 aliphatic rings. The topological polar surface area (TPSA) is 9.23 Å². The summed E-state index contributed by atoms with van der Waals surface area (Å²) in [5.41, 5.74) is 2.85. The first kappa shape index (κ1) is 49.0. The highest BCUT2D eigenvalue weighted by Crippen LogP contribution is 2.25. The van der Waals surface area contributed by atoms with Crippen LogP contribution in [0.3, 0.4) is 0 Å². The van der Waals surface area contributed by atoms with Crippen molar-refractivity contribution in [2.45, 2.75) is 230 Å². The lowest BCUT2D eigenvalue weighted by molar-refractivity contribution is 0.125. The first-order valence-corrected chi connectivity index (χ1v) is 24.3. The second-order valence-corrected chi connectivity index (χ2v) is 17.0. The van der Waals surface area contributed by atoms with Crippen LogP contribution in [0.25, 0.3) is 0 Å². The van der Waals surface area contributed by atoms with Crippen molar-refractivity contribution in [1.82, 2.24) is 0 Å². The van der Waals surface area contributed by atoms with Gasteiger partial charge in [0.2, 0.25) is 0 Å². The van der Waals surface area contributed by atoms with Crippen LogP contribution in [-0.4, -0.2) is 13.2 Å². The van der Waals surface area contributed by atoms with E-state index in [-0.39, 0.29) is 0 Å². The SMILES string of the molecule is C=CC(CCCCCCCCCCCCCCCCCCOCCCCCCCCCCCCCCCCCCC(C=C)c1ccccc1)c1ccccc1. The van der Waals surface area contributed by atoms with Crippen molar-refractivity contribution < 1.29 is 4.74 Å². The fraction of sp³-hybridized carbons (Fsp3) is 0.704. The van der Waals surface area contributed by atoms with E-state index in [1.54, 1.807) is 0 Å². The molecule has 55 heavy (non-hydrogen) atoms. The molecule has 2 aromatic carbocycles. The molecule has 2 rings (SSSR count). The quantitative estimate of drug-likeness (QED) is 0.0484. The van der Waals surface area contributed by atoms with Crippen molar-refractivity contribution in [1.29, 1.82) is 0 Å². The minimum Gasteiger partial charge on any atom is -0.381 e. The molecular weight excluding hydrogens is 665 g/mol. The van der Waals surface area contributed by atoms with Crippen LogP contribution in [0.15, 0.2) is 86.0 Å². The van der Waals surface area contributed by atoms with Crippen LogP contribution in [0.1, 0.15) is 241 Å². The standard InChI is InChI=1S/C54H90O/c1-3-51(53-45-37-33-38-46-53)43-35-29-25-21-17-13-9-5-7-11-15-19-23-27-31-41-49-55-50-42-32-28-24-20-16-12-8-6-10-14-18-22-26-30-36-44-52(4-2)54-47-39-34-40-48-54/h3-4,33-34,37-40,45-48,51-52H,1-2,5-32,35-36,41-44,49-50H2. The molecule has 1 heteroatoms. The first-order chi connectivity index (χ1) is 27.3. The average Bonchev–Trinajstić information content (AvgIpc) is 3.22. The van der Waals surface area contributed by atoms with Gasteiger partial charge in [0.1, 0.15) is 0 Å². The van der Waals surface area contributed by atoms with Crippen molar-refractivity contribution in [2.75, 3.05) is 13.2 Å². The van der Waals surface area contributed by atoms with E-state index in [2.05, 4.69) is 86.0 Å². The summed E-state index contributed by atoms with van der Waals surface area (Å²) in [5.74, 6) is 1.06. The Morgan fingerprint density at radius 2 is 0.527 bits per heavy atom. The predicted octanol–water partition coefficient (Wildman–Crippen LogP) is 18.2. The average molecular weight is 755 g/mol. The van der Waals surface area contributed by atoms with Gasteiger partial charge < -0.3 is 4.74 Å². The Bertz CT molecular complexity index is 974. The fourth-order valence-corrected chi connectivity index (χ4v) is 8.43. The van der Waals surface area contributed by atoms with Gasteiger partial charge in [-0.05, 0) is 36.8 Å². The summed E-state index contributed by atoms with van der Waals surface area (Å²) in [6, 6.07) is 21.8. The third-order valence-corrected chi connectivity index (χ3v) is 12.1. The van der Waals surface area contributed by atoms with Crippen LogP contribution in [0.4, 0.5) is 0 Å². The zero-order chi connectivity index (χ0) is 39.0. The summed E-state index contributed by atoms with van der Waals surface area (Å²) in [5, 5.41) is 0. The number of benzene rings is 2. The zero-order valence-corrected chi connectivity index (χ0v) is 36.4. The molecule has 2 aromatic rings. The highest BCUT2D eigenvalue weighted by molar-refractivity contribution is 5.23. The van der Waals surface area contributed by atoms with Crippen molar-refractivity contribution in [3.8, 4) is 0 Å². The molecule has 0 aliphatic heterocycles. The number of hydrogen-bond donors (Lipinski definition) is 0. The monoisotopic (exact) mass is 755 g/mol. The summed E-state index contributed by atoms with van der Waals surface area (Å²) < 4.78 is 5.93. The van der Waals surface area contributed by atoms with Crippen LogP contribution in [0.5, 0.6) is 0 Å². The van der Waals surface area contributed by atoms with Gasteiger partial charge in [0.15, 0.2) is 0 Å². The second-order valence-electron chi connectivity index (χ2n) is 17.0. The lowest BCUT2D eigenvalue weighted by atomic mass is 9.93. The van der Waals surface area contributed by atoms with Crippen molar-refractivity contribution in [2.24, 2.45) is 0 Å². The number of unbranched alkanes of at least 4 members (excludes halogenated alkanes) is 30. The van der Waals surface area contributed by atoms with E-state index in [1.165, 1.54) is 229 Å². The molecule has 0 spiro atoms. The van der Waals surface area contributed by atoms with Gasteiger partial charge in [0, 0.05) is 25.0 Å². The third-order valence-electron chi connectivity index (χ3n) is 12.1. The smallest absolute Gasteiger partial charge is 0.0466 e. The van der Waals surface area contributed by atoms with E-state index >= 15 is 0 Å². The summed E-state index contributed by atoms with van der Waals surface area (Å²) in [6.07, 6.45) is 51.8. The van der Waals surface area contributed by atoms with Gasteiger partial charge in [-0.1, -0.05) is 265 Å². The Morgan fingerprint density at radius 3 is 0.764 bits per heavy atom. The number of ether oxygens (including phenoxy) is 1. The summed E-state index contributed by atoms with van der Waals surface area (Å²) >= 11 is 0. The van der Waals surface area contributed by atoms with Crippen LogP contribution in [-0.2, 0) is 4.74 Å². The maximum atomic E-state index is 5.93. The molecule has 0 saturated carbocycles. The Hall–Kier alpha value is -2.12. The number of rotatable bonds is 42. The Labute approximate surface area is 344 Å². The van der Waals surface area contributed by atoms with Crippen molar-refractivity contribution in [3.05, 3.63) is 97.1 Å². The van der Waals surface area contributed by atoms with E-state index in [9.17, 15) is 0 Å². The van der Waals surface area contributed by atoms with Crippen LogP contribution in [0.2, 0.25) is 0 Å². The largest absolute Gasteiger partial charge is 0.381 e. The Kier molecular flexibility index (Phi) is 34.5. The molecule has 1 nitrogen and oxygen atoms in total. The first-order valence-electron chi connectivity index (χ1n) is 24.3. The maximum Gasteiger partial charge on any atom is 0.0466 e. The lowest BCUT2D eigenvalue weighted by Gasteiger charge is -2.12. The fourth-order valence-electron chi connectivity index (χ4n) is 8.43. The van der Waals surface area contributed by atoms with Gasteiger partial charge in [-0.3, -0.25) is 0 Å². The molecule has 312 valence electrons. The normalized spacial score (nSPS) is 12.5. The van der Waals surface area contributed by atoms with Crippen LogP contribution in [0, 0.1) is 0 Å². The molecule has 0 fully saturated rings. The molecular formula is C54H90O. The summed E-state index contributed by atoms with van der Waals surface area (Å²) in [6.45, 7) is 10.1. The highest BCUT2D eigenvalue weighted by Gasteiger charge is 2.07. The van der Waals surface area contributed by atoms with Gasteiger partial charge in [-0.25, -0.2) is 0 Å². The predicted molar refractivity (Wildman–Crippen MR) is 247 cm³/mol. The minimum atomic E-state index is 0.528. The van der Waals surface area contributed by atoms with Gasteiger partial charge in [-0.2, -0.15) is 0 Å². The Balaban J connectivity index is 1.16. The molecule has 0 heterocycles. The number of allylic oxidation sites excluding steroid dienone is 2. The minimum absolute atomic E-state index is 0.528. The van der Waals surface area contributed by atoms with Gasteiger partial charge in [0.05, 0.1) is 0 Å². The molecule has 2 unspecified atom stereocenters. The van der Waals surface area contributed by atoms with Gasteiger partial charge >= 0.3 is 0 Å². The van der Waals surface area contributed by atoms with Crippen molar-refractivity contribution in [3.63, 3.8) is 0 Å². The molecule has 0 bridgehead atoms. The lowest BCUT2D eigenvalue weighted by Crippen LogP contribution is -1.97. The molecule has 0 amide bonds. The zero-order valence-electron chi connectivity index (χ0n) is 36.4. The number of hydrogen-bond acceptors (Lipinski definition) is 1. The van der Waals surface area contributed by atoms with Gasteiger partial charge in [0.25, 0.3) is 0 Å².